The lowest BCUT2D eigenvalue weighted by Crippen LogP contribution is -2.61. The van der Waals surface area contributed by atoms with E-state index in [1.807, 2.05) is 41.5 Å². The molecule has 3 unspecified atom stereocenters. The van der Waals surface area contributed by atoms with E-state index in [1.54, 1.807) is 0 Å². The maximum Gasteiger partial charge on any atom is 0.328 e. The number of nitrogens with one attached hydrogen (secondary N) is 2. The maximum atomic E-state index is 13.1. The molecule has 0 aromatic carbocycles. The van der Waals surface area contributed by atoms with Crippen molar-refractivity contribution in [3.8, 4) is 0 Å². The molecule has 0 radical (unpaired) electrons. The molecule has 0 spiro atoms. The second kappa shape index (κ2) is 12.4. The molecule has 0 bridgehead atoms. The summed E-state index contributed by atoms with van der Waals surface area (Å²) in [5.41, 5.74) is 0. The average molecular weight is 467 g/mol. The highest BCUT2D eigenvalue weighted by Gasteiger charge is 2.50. The molecule has 8 nitrogen and oxygen atoms in total. The normalized spacial score (nSPS) is 23.8. The minimum absolute atomic E-state index is 0.0117. The fourth-order valence-electron chi connectivity index (χ4n) is 4.48. The predicted octanol–water partition coefficient (Wildman–Crippen LogP) is 2.98. The first-order valence-electron chi connectivity index (χ1n) is 12.5. The smallest absolute Gasteiger partial charge is 0.328 e. The summed E-state index contributed by atoms with van der Waals surface area (Å²) in [7, 11) is 0. The molecule has 8 heteroatoms. The highest BCUT2D eigenvalue weighted by Crippen LogP contribution is 2.31. The highest BCUT2D eigenvalue weighted by atomic mass is 16.6. The van der Waals surface area contributed by atoms with Crippen LogP contribution in [-0.2, 0) is 28.7 Å². The van der Waals surface area contributed by atoms with Gasteiger partial charge in [0, 0.05) is 0 Å². The summed E-state index contributed by atoms with van der Waals surface area (Å²) in [6.07, 6.45) is 5.55. The second-order valence-electron chi connectivity index (χ2n) is 10.4. The van der Waals surface area contributed by atoms with E-state index in [2.05, 4.69) is 10.6 Å². The van der Waals surface area contributed by atoms with E-state index in [0.29, 0.717) is 12.5 Å². The molecule has 2 aliphatic rings. The van der Waals surface area contributed by atoms with Crippen molar-refractivity contribution in [2.24, 2.45) is 29.6 Å². The first kappa shape index (κ1) is 27.1. The summed E-state index contributed by atoms with van der Waals surface area (Å²) in [5.74, 6) is -2.24. The Morgan fingerprint density at radius 2 is 1.58 bits per heavy atom. The third-order valence-electron chi connectivity index (χ3n) is 7.01. The average Bonchev–Trinajstić information content (AvgIpc) is 2.77. The number of carbonyl (C=O) groups excluding carboxylic acids is 4. The Balaban J connectivity index is 1.97. The van der Waals surface area contributed by atoms with Gasteiger partial charge in [0.05, 0.1) is 6.61 Å². The lowest BCUT2D eigenvalue weighted by molar-refractivity contribution is -0.193. The molecule has 1 saturated heterocycles. The number of ether oxygens (including phenoxy) is 2. The SMILES string of the molecule is CC[C@H](C)[C@H]1C(=O)OC1C(=O)NC(C(=O)NC(C(=O)OCC1CCCCC1)C(C)C)C(C)C. The van der Waals surface area contributed by atoms with Crippen LogP contribution in [0.3, 0.4) is 0 Å². The van der Waals surface area contributed by atoms with Gasteiger partial charge in [0.25, 0.3) is 5.91 Å². The monoisotopic (exact) mass is 466 g/mol. The number of cyclic esters (lactones) is 1. The number of hydrogen-bond acceptors (Lipinski definition) is 6. The van der Waals surface area contributed by atoms with Crippen LogP contribution in [0, 0.1) is 29.6 Å². The van der Waals surface area contributed by atoms with Crippen LogP contribution in [0.5, 0.6) is 0 Å². The molecule has 1 aliphatic carbocycles. The lowest BCUT2D eigenvalue weighted by Gasteiger charge is -2.38. The minimum atomic E-state index is -0.886. The van der Waals surface area contributed by atoms with Gasteiger partial charge in [-0.25, -0.2) is 4.79 Å². The lowest BCUT2D eigenvalue weighted by atomic mass is 9.82. The molecule has 2 amide bonds. The molecule has 0 aromatic heterocycles. The fraction of sp³-hybridized carbons (Fsp3) is 0.840. The number of amides is 2. The summed E-state index contributed by atoms with van der Waals surface area (Å²) in [4.78, 5) is 50.4. The molecule has 1 saturated carbocycles. The van der Waals surface area contributed by atoms with Crippen LogP contribution in [0.25, 0.3) is 0 Å². The highest BCUT2D eigenvalue weighted by molar-refractivity contribution is 5.97. The molecule has 0 aromatic rings. The van der Waals surface area contributed by atoms with E-state index in [-0.39, 0.29) is 23.7 Å². The fourth-order valence-corrected chi connectivity index (χ4v) is 4.48. The Bertz CT molecular complexity index is 701. The summed E-state index contributed by atoms with van der Waals surface area (Å²) in [6, 6.07) is -1.66. The van der Waals surface area contributed by atoms with E-state index in [4.69, 9.17) is 9.47 Å². The van der Waals surface area contributed by atoms with Crippen molar-refractivity contribution >= 4 is 23.8 Å². The van der Waals surface area contributed by atoms with Crippen molar-refractivity contribution < 1.29 is 28.7 Å². The molecule has 2 fully saturated rings. The Labute approximate surface area is 197 Å². The van der Waals surface area contributed by atoms with Gasteiger partial charge in [0.1, 0.15) is 18.0 Å². The van der Waals surface area contributed by atoms with Crippen molar-refractivity contribution in [3.63, 3.8) is 0 Å². The van der Waals surface area contributed by atoms with Gasteiger partial charge in [-0.1, -0.05) is 67.2 Å². The third kappa shape index (κ3) is 7.18. The molecule has 2 rings (SSSR count). The minimum Gasteiger partial charge on any atom is -0.464 e. The van der Waals surface area contributed by atoms with Crippen LogP contribution < -0.4 is 10.6 Å². The first-order chi connectivity index (χ1) is 15.6. The third-order valence-corrected chi connectivity index (χ3v) is 7.01. The Morgan fingerprint density at radius 1 is 0.970 bits per heavy atom. The van der Waals surface area contributed by atoms with Crippen LogP contribution in [0.1, 0.15) is 80.1 Å². The van der Waals surface area contributed by atoms with E-state index in [0.717, 1.165) is 32.1 Å². The predicted molar refractivity (Wildman–Crippen MR) is 124 cm³/mol. The van der Waals surface area contributed by atoms with Crippen molar-refractivity contribution in [1.82, 2.24) is 10.6 Å². The molecular formula is C25H42N2O6. The zero-order valence-electron chi connectivity index (χ0n) is 21.0. The zero-order valence-corrected chi connectivity index (χ0v) is 21.0. The van der Waals surface area contributed by atoms with Crippen LogP contribution in [0.2, 0.25) is 0 Å². The molecular weight excluding hydrogens is 424 g/mol. The molecule has 2 N–H and O–H groups in total. The van der Waals surface area contributed by atoms with Crippen molar-refractivity contribution in [3.05, 3.63) is 0 Å². The summed E-state index contributed by atoms with van der Waals surface area (Å²) >= 11 is 0. The van der Waals surface area contributed by atoms with E-state index >= 15 is 0 Å². The topological polar surface area (TPSA) is 111 Å². The quantitative estimate of drug-likeness (QED) is 0.453. The molecule has 33 heavy (non-hydrogen) atoms. The molecule has 1 aliphatic heterocycles. The first-order valence-corrected chi connectivity index (χ1v) is 12.5. The largest absolute Gasteiger partial charge is 0.464 e. The van der Waals surface area contributed by atoms with Crippen LogP contribution in [0.15, 0.2) is 0 Å². The maximum absolute atomic E-state index is 13.1. The van der Waals surface area contributed by atoms with Crippen molar-refractivity contribution in [1.29, 1.82) is 0 Å². The van der Waals surface area contributed by atoms with Gasteiger partial charge in [-0.3, -0.25) is 14.4 Å². The van der Waals surface area contributed by atoms with Gasteiger partial charge < -0.3 is 20.1 Å². The molecule has 5 atom stereocenters. The summed E-state index contributed by atoms with van der Waals surface area (Å²) < 4.78 is 10.6. The Hall–Kier alpha value is -2.12. The molecule has 188 valence electrons. The van der Waals surface area contributed by atoms with Crippen LogP contribution >= 0.6 is 0 Å². The van der Waals surface area contributed by atoms with E-state index < -0.39 is 41.9 Å². The van der Waals surface area contributed by atoms with Crippen LogP contribution in [-0.4, -0.2) is 48.5 Å². The molecule has 1 heterocycles. The standard InChI is InChI=1S/C25H42N2O6/c1-7-16(6)18-21(33-24(18)30)23(29)26-19(14(2)3)22(28)27-20(15(4)5)25(31)32-13-17-11-9-8-10-12-17/h14-21H,7-13H2,1-6H3,(H,26,29)(H,27,28)/t16-,18+,19?,20?,21?/m0/s1. The zero-order chi connectivity index (χ0) is 24.7. The van der Waals surface area contributed by atoms with Gasteiger partial charge in [0.15, 0.2) is 6.10 Å². The van der Waals surface area contributed by atoms with Crippen molar-refractivity contribution in [2.75, 3.05) is 6.61 Å². The summed E-state index contributed by atoms with van der Waals surface area (Å²) in [5, 5.41) is 5.52. The van der Waals surface area contributed by atoms with Gasteiger partial charge in [0.2, 0.25) is 5.91 Å². The summed E-state index contributed by atoms with van der Waals surface area (Å²) in [6.45, 7) is 11.6. The number of hydrogen-bond donors (Lipinski definition) is 2. The number of rotatable bonds is 11. The van der Waals surface area contributed by atoms with Gasteiger partial charge in [-0.05, 0) is 36.5 Å². The Morgan fingerprint density at radius 3 is 2.09 bits per heavy atom. The van der Waals surface area contributed by atoms with E-state index in [1.165, 1.54) is 6.42 Å². The van der Waals surface area contributed by atoms with Gasteiger partial charge >= 0.3 is 11.9 Å². The van der Waals surface area contributed by atoms with Crippen molar-refractivity contribution in [2.45, 2.75) is 98.3 Å². The Kier molecular flexibility index (Phi) is 10.2. The van der Waals surface area contributed by atoms with Gasteiger partial charge in [-0.15, -0.1) is 0 Å². The van der Waals surface area contributed by atoms with E-state index in [9.17, 15) is 19.2 Å². The van der Waals surface area contributed by atoms with Gasteiger partial charge in [-0.2, -0.15) is 0 Å². The second-order valence-corrected chi connectivity index (χ2v) is 10.4. The number of carbonyl (C=O) groups is 4. The number of esters is 2. The van der Waals surface area contributed by atoms with Crippen LogP contribution in [0.4, 0.5) is 0 Å².